The second-order valence-electron chi connectivity index (χ2n) is 4.01. The van der Waals surface area contributed by atoms with Gasteiger partial charge in [0.15, 0.2) is 0 Å². The van der Waals surface area contributed by atoms with Crippen molar-refractivity contribution in [3.63, 3.8) is 0 Å². The summed E-state index contributed by atoms with van der Waals surface area (Å²) >= 11 is 0. The predicted octanol–water partition coefficient (Wildman–Crippen LogP) is 2.93. The Labute approximate surface area is 89.7 Å². The summed E-state index contributed by atoms with van der Waals surface area (Å²) in [5.41, 5.74) is 2.21. The Balaban J connectivity index is 2.65. The molecule has 1 heterocycles. The Bertz CT molecular complexity index is 486. The van der Waals surface area contributed by atoms with Gasteiger partial charge in [-0.25, -0.2) is 0 Å². The van der Waals surface area contributed by atoms with Crippen LogP contribution >= 0.6 is 0 Å². The van der Waals surface area contributed by atoms with Crippen LogP contribution in [0.25, 0.3) is 10.9 Å². The van der Waals surface area contributed by atoms with Crippen LogP contribution in [0.15, 0.2) is 18.2 Å². The van der Waals surface area contributed by atoms with Crippen LogP contribution in [-0.2, 0) is 0 Å². The minimum absolute atomic E-state index is 0.392. The van der Waals surface area contributed by atoms with Crippen LogP contribution in [0.5, 0.6) is 5.75 Å². The lowest BCUT2D eigenvalue weighted by Gasteiger charge is -2.06. The zero-order valence-electron chi connectivity index (χ0n) is 9.61. The molecule has 0 bridgehead atoms. The van der Waals surface area contributed by atoms with Crippen molar-refractivity contribution in [2.45, 2.75) is 26.8 Å². The van der Waals surface area contributed by atoms with Gasteiger partial charge in [0.05, 0.1) is 12.6 Å². The Morgan fingerprint density at radius 2 is 2.07 bits per heavy atom. The average molecular weight is 204 g/mol. The maximum absolute atomic E-state index is 5.18. The molecule has 0 fully saturated rings. The molecule has 3 nitrogen and oxygen atoms in total. The minimum atomic E-state index is 0.392. The van der Waals surface area contributed by atoms with Crippen LogP contribution in [0.2, 0.25) is 0 Å². The summed E-state index contributed by atoms with van der Waals surface area (Å²) in [6.45, 7) is 6.37. The van der Waals surface area contributed by atoms with E-state index in [2.05, 4.69) is 31.9 Å². The number of aromatic nitrogens is 2. The molecule has 0 spiro atoms. The number of ether oxygens (including phenoxy) is 1. The van der Waals surface area contributed by atoms with E-state index in [0.29, 0.717) is 6.04 Å². The molecule has 2 rings (SSSR count). The van der Waals surface area contributed by atoms with Gasteiger partial charge in [0.25, 0.3) is 0 Å². The number of aryl methyl sites for hydroxylation is 1. The minimum Gasteiger partial charge on any atom is -0.497 e. The number of nitrogens with zero attached hydrogens (tertiary/aromatic N) is 2. The fourth-order valence-corrected chi connectivity index (χ4v) is 1.84. The van der Waals surface area contributed by atoms with Crippen LogP contribution < -0.4 is 4.74 Å². The Kier molecular flexibility index (Phi) is 2.39. The molecule has 80 valence electrons. The van der Waals surface area contributed by atoms with Crippen LogP contribution in [0, 0.1) is 6.92 Å². The molecule has 0 N–H and O–H groups in total. The molecular formula is C12H16N2O. The molecule has 2 aromatic rings. The summed E-state index contributed by atoms with van der Waals surface area (Å²) in [4.78, 5) is 0. The van der Waals surface area contributed by atoms with Gasteiger partial charge >= 0.3 is 0 Å². The fraction of sp³-hybridized carbons (Fsp3) is 0.417. The van der Waals surface area contributed by atoms with Crippen LogP contribution in [0.3, 0.4) is 0 Å². The molecule has 15 heavy (non-hydrogen) atoms. The Morgan fingerprint density at radius 3 is 2.67 bits per heavy atom. The fourth-order valence-electron chi connectivity index (χ4n) is 1.84. The van der Waals surface area contributed by atoms with Gasteiger partial charge in [-0.1, -0.05) is 0 Å². The standard InChI is InChI=1S/C12H16N2O/c1-8(2)14-9(3)11-6-5-10(15-4)7-12(11)13-14/h5-8H,1-4H3. The van der Waals surface area contributed by atoms with E-state index in [0.717, 1.165) is 11.3 Å². The lowest BCUT2D eigenvalue weighted by molar-refractivity contribution is 0.415. The van der Waals surface area contributed by atoms with E-state index in [1.165, 1.54) is 11.1 Å². The van der Waals surface area contributed by atoms with E-state index in [-0.39, 0.29) is 0 Å². The van der Waals surface area contributed by atoms with Gasteiger partial charge in [-0.15, -0.1) is 0 Å². The summed E-state index contributed by atoms with van der Waals surface area (Å²) < 4.78 is 7.23. The summed E-state index contributed by atoms with van der Waals surface area (Å²) in [5.74, 6) is 0.857. The van der Waals surface area contributed by atoms with Crippen molar-refractivity contribution in [3.8, 4) is 5.75 Å². The lowest BCUT2D eigenvalue weighted by atomic mass is 10.2. The lowest BCUT2D eigenvalue weighted by Crippen LogP contribution is -2.04. The van der Waals surface area contributed by atoms with Gasteiger partial charge in [-0.05, 0) is 32.9 Å². The molecule has 3 heteroatoms. The zero-order valence-corrected chi connectivity index (χ0v) is 9.61. The summed E-state index contributed by atoms with van der Waals surface area (Å²) in [6, 6.07) is 6.40. The third-order valence-corrected chi connectivity index (χ3v) is 2.64. The van der Waals surface area contributed by atoms with Crippen molar-refractivity contribution in [1.29, 1.82) is 0 Å². The van der Waals surface area contributed by atoms with E-state index in [1.54, 1.807) is 7.11 Å². The molecule has 0 aliphatic heterocycles. The van der Waals surface area contributed by atoms with E-state index < -0.39 is 0 Å². The number of methoxy groups -OCH3 is 1. The highest BCUT2D eigenvalue weighted by atomic mass is 16.5. The zero-order chi connectivity index (χ0) is 11.0. The molecule has 0 atom stereocenters. The van der Waals surface area contributed by atoms with Gasteiger partial charge in [-0.3, -0.25) is 4.68 Å². The molecule has 1 aromatic carbocycles. The van der Waals surface area contributed by atoms with E-state index in [9.17, 15) is 0 Å². The molecular weight excluding hydrogens is 188 g/mol. The number of hydrogen-bond donors (Lipinski definition) is 0. The maximum atomic E-state index is 5.18. The molecule has 0 saturated carbocycles. The summed E-state index contributed by atoms with van der Waals surface area (Å²) in [7, 11) is 1.67. The first-order chi connectivity index (χ1) is 7.13. The SMILES string of the molecule is COc1ccc2c(C)n(C(C)C)nc2c1. The third-order valence-electron chi connectivity index (χ3n) is 2.64. The highest BCUT2D eigenvalue weighted by Gasteiger charge is 2.09. The van der Waals surface area contributed by atoms with Crippen LogP contribution in [0.1, 0.15) is 25.6 Å². The highest BCUT2D eigenvalue weighted by Crippen LogP contribution is 2.24. The average Bonchev–Trinajstić information content (AvgIpc) is 2.55. The number of rotatable bonds is 2. The van der Waals surface area contributed by atoms with Crippen LogP contribution in [0.4, 0.5) is 0 Å². The molecule has 0 aliphatic rings. The molecule has 1 aromatic heterocycles. The Morgan fingerprint density at radius 1 is 1.33 bits per heavy atom. The molecule has 0 radical (unpaired) electrons. The van der Waals surface area contributed by atoms with Crippen molar-refractivity contribution in [3.05, 3.63) is 23.9 Å². The van der Waals surface area contributed by atoms with Gasteiger partial charge in [-0.2, -0.15) is 5.10 Å². The highest BCUT2D eigenvalue weighted by molar-refractivity contribution is 5.82. The van der Waals surface area contributed by atoms with Gasteiger partial charge < -0.3 is 4.74 Å². The van der Waals surface area contributed by atoms with E-state index in [4.69, 9.17) is 4.74 Å². The Hall–Kier alpha value is -1.51. The van der Waals surface area contributed by atoms with Gasteiger partial charge in [0.1, 0.15) is 5.75 Å². The normalized spacial score (nSPS) is 11.3. The second kappa shape index (κ2) is 3.57. The van der Waals surface area contributed by atoms with Crippen molar-refractivity contribution in [2.75, 3.05) is 7.11 Å². The first kappa shape index (κ1) is 10.0. The van der Waals surface area contributed by atoms with Crippen molar-refractivity contribution in [2.24, 2.45) is 0 Å². The quantitative estimate of drug-likeness (QED) is 0.752. The largest absolute Gasteiger partial charge is 0.497 e. The molecule has 0 amide bonds. The summed E-state index contributed by atoms with van der Waals surface area (Å²) in [6.07, 6.45) is 0. The van der Waals surface area contributed by atoms with Crippen LogP contribution in [-0.4, -0.2) is 16.9 Å². The molecule has 0 aliphatic carbocycles. The van der Waals surface area contributed by atoms with Gasteiger partial charge in [0, 0.05) is 23.2 Å². The number of benzene rings is 1. The van der Waals surface area contributed by atoms with E-state index >= 15 is 0 Å². The third kappa shape index (κ3) is 1.58. The molecule has 0 unspecified atom stereocenters. The molecule has 0 saturated heterocycles. The monoisotopic (exact) mass is 204 g/mol. The first-order valence-corrected chi connectivity index (χ1v) is 5.16. The topological polar surface area (TPSA) is 27.1 Å². The predicted molar refractivity (Wildman–Crippen MR) is 61.4 cm³/mol. The van der Waals surface area contributed by atoms with Crippen molar-refractivity contribution < 1.29 is 4.74 Å². The maximum Gasteiger partial charge on any atom is 0.121 e. The van der Waals surface area contributed by atoms with Gasteiger partial charge in [0.2, 0.25) is 0 Å². The van der Waals surface area contributed by atoms with E-state index in [1.807, 2.05) is 16.8 Å². The van der Waals surface area contributed by atoms with Crippen molar-refractivity contribution >= 4 is 10.9 Å². The number of hydrogen-bond acceptors (Lipinski definition) is 2. The van der Waals surface area contributed by atoms with Crippen molar-refractivity contribution in [1.82, 2.24) is 9.78 Å². The smallest absolute Gasteiger partial charge is 0.121 e. The number of fused-ring (bicyclic) bond motifs is 1. The summed E-state index contributed by atoms with van der Waals surface area (Å²) in [5, 5.41) is 5.76. The second-order valence-corrected chi connectivity index (χ2v) is 4.01. The first-order valence-electron chi connectivity index (χ1n) is 5.16.